The number of guanidine groups is 1. The Bertz CT molecular complexity index is 489. The van der Waals surface area contributed by atoms with Crippen molar-refractivity contribution in [3.8, 4) is 0 Å². The van der Waals surface area contributed by atoms with E-state index in [1.165, 1.54) is 12.1 Å². The van der Waals surface area contributed by atoms with Gasteiger partial charge in [-0.15, -0.1) is 0 Å². The Kier molecular flexibility index (Phi) is 6.14. The molecule has 0 spiro atoms. The van der Waals surface area contributed by atoms with Gasteiger partial charge in [-0.1, -0.05) is 19.1 Å². The highest BCUT2D eigenvalue weighted by atomic mass is 16.6. The summed E-state index contributed by atoms with van der Waals surface area (Å²) in [6, 6.07) is 6.47. The number of hydrogen-bond donors (Lipinski definition) is 2. The highest BCUT2D eigenvalue weighted by molar-refractivity contribution is 5.80. The molecule has 0 unspecified atom stereocenters. The smallest absolute Gasteiger partial charge is 0.269 e. The molecule has 0 radical (unpaired) electrons. The van der Waals surface area contributed by atoms with E-state index in [4.69, 9.17) is 0 Å². The number of rotatable bonds is 5. The normalized spacial score (nSPS) is 12.1. The molecular weight excluding hydrogens is 268 g/mol. The second-order valence-corrected chi connectivity index (χ2v) is 5.89. The fraction of sp³-hybridized carbons (Fsp3) is 0.533. The van der Waals surface area contributed by atoms with Gasteiger partial charge in [-0.05, 0) is 32.8 Å². The molecule has 1 aromatic rings. The molecule has 0 fully saturated rings. The van der Waals surface area contributed by atoms with Crippen molar-refractivity contribution in [3.63, 3.8) is 0 Å². The van der Waals surface area contributed by atoms with Crippen LogP contribution in [0.5, 0.6) is 0 Å². The summed E-state index contributed by atoms with van der Waals surface area (Å²) in [5, 5.41) is 17.2. The number of nitrogens with zero attached hydrogens (tertiary/aromatic N) is 2. The van der Waals surface area contributed by atoms with Crippen LogP contribution in [-0.2, 0) is 6.54 Å². The number of nitro groups is 1. The maximum absolute atomic E-state index is 10.6. The second kappa shape index (κ2) is 7.61. The average molecular weight is 292 g/mol. The molecule has 0 aliphatic rings. The van der Waals surface area contributed by atoms with Crippen LogP contribution < -0.4 is 10.6 Å². The summed E-state index contributed by atoms with van der Waals surface area (Å²) >= 11 is 0. The van der Waals surface area contributed by atoms with Crippen LogP contribution in [0.4, 0.5) is 5.69 Å². The summed E-state index contributed by atoms with van der Waals surface area (Å²) < 4.78 is 0. The molecule has 116 valence electrons. The lowest BCUT2D eigenvalue weighted by Gasteiger charge is -2.24. The molecule has 0 atom stereocenters. The topological polar surface area (TPSA) is 79.6 Å². The third-order valence-electron chi connectivity index (χ3n) is 2.60. The number of nitro benzene ring substituents is 1. The van der Waals surface area contributed by atoms with Crippen LogP contribution in [0.25, 0.3) is 0 Å². The van der Waals surface area contributed by atoms with Crippen molar-refractivity contribution in [1.82, 2.24) is 10.6 Å². The fourth-order valence-electron chi connectivity index (χ4n) is 1.63. The van der Waals surface area contributed by atoms with Gasteiger partial charge in [0.1, 0.15) is 0 Å². The van der Waals surface area contributed by atoms with Crippen LogP contribution in [0, 0.1) is 10.1 Å². The van der Waals surface area contributed by atoms with E-state index in [2.05, 4.69) is 43.3 Å². The van der Waals surface area contributed by atoms with Crippen molar-refractivity contribution in [3.05, 3.63) is 39.9 Å². The summed E-state index contributed by atoms with van der Waals surface area (Å²) in [6.45, 7) is 9.64. The molecule has 0 aromatic heterocycles. The molecule has 1 aromatic carbocycles. The van der Waals surface area contributed by atoms with E-state index in [9.17, 15) is 10.1 Å². The van der Waals surface area contributed by atoms with Gasteiger partial charge in [0.15, 0.2) is 5.96 Å². The third-order valence-corrected chi connectivity index (χ3v) is 2.60. The van der Waals surface area contributed by atoms with Crippen molar-refractivity contribution in [2.45, 2.75) is 46.2 Å². The molecule has 21 heavy (non-hydrogen) atoms. The minimum atomic E-state index is -0.400. The molecule has 0 bridgehead atoms. The molecular formula is C15H24N4O2. The zero-order valence-electron chi connectivity index (χ0n) is 13.1. The van der Waals surface area contributed by atoms with E-state index < -0.39 is 4.92 Å². The van der Waals surface area contributed by atoms with Gasteiger partial charge in [0.2, 0.25) is 0 Å². The Morgan fingerprint density at radius 2 is 1.90 bits per heavy atom. The number of nitrogens with one attached hydrogen (secondary N) is 2. The third kappa shape index (κ3) is 6.74. The monoisotopic (exact) mass is 292 g/mol. The van der Waals surface area contributed by atoms with Gasteiger partial charge in [-0.2, -0.15) is 0 Å². The first-order valence-electron chi connectivity index (χ1n) is 7.11. The molecule has 0 amide bonds. The predicted molar refractivity (Wildman–Crippen MR) is 85.4 cm³/mol. The number of aliphatic imine (C=N–C) groups is 1. The van der Waals surface area contributed by atoms with E-state index in [0.717, 1.165) is 24.5 Å². The average Bonchev–Trinajstić information content (AvgIpc) is 2.41. The molecule has 2 N–H and O–H groups in total. The van der Waals surface area contributed by atoms with Crippen LogP contribution >= 0.6 is 0 Å². The summed E-state index contributed by atoms with van der Waals surface area (Å²) in [5.41, 5.74) is 0.960. The van der Waals surface area contributed by atoms with Gasteiger partial charge in [-0.3, -0.25) is 10.1 Å². The summed E-state index contributed by atoms with van der Waals surface area (Å²) in [5.74, 6) is 0.753. The van der Waals surface area contributed by atoms with Crippen LogP contribution in [0.3, 0.4) is 0 Å². The van der Waals surface area contributed by atoms with Crippen molar-refractivity contribution in [1.29, 1.82) is 0 Å². The first kappa shape index (κ1) is 16.9. The van der Waals surface area contributed by atoms with Gasteiger partial charge < -0.3 is 10.6 Å². The van der Waals surface area contributed by atoms with E-state index in [-0.39, 0.29) is 11.2 Å². The maximum Gasteiger partial charge on any atom is 0.269 e. The molecule has 1 rings (SSSR count). The lowest BCUT2D eigenvalue weighted by atomic mass is 10.1. The number of benzene rings is 1. The lowest BCUT2D eigenvalue weighted by molar-refractivity contribution is -0.384. The Balaban J connectivity index is 2.73. The van der Waals surface area contributed by atoms with Crippen LogP contribution in [0.2, 0.25) is 0 Å². The van der Waals surface area contributed by atoms with Crippen LogP contribution in [0.15, 0.2) is 29.3 Å². The quantitative estimate of drug-likeness (QED) is 0.378. The zero-order chi connectivity index (χ0) is 15.9. The second-order valence-electron chi connectivity index (χ2n) is 5.89. The van der Waals surface area contributed by atoms with Gasteiger partial charge >= 0.3 is 0 Å². The van der Waals surface area contributed by atoms with E-state index in [1.54, 1.807) is 12.1 Å². The minimum absolute atomic E-state index is 0.0744. The van der Waals surface area contributed by atoms with E-state index in [0.29, 0.717) is 6.54 Å². The summed E-state index contributed by atoms with van der Waals surface area (Å²) in [6.07, 6.45) is 1.02. The molecule has 0 saturated carbocycles. The van der Waals surface area contributed by atoms with Crippen LogP contribution in [-0.4, -0.2) is 23.0 Å². The molecule has 0 aliphatic carbocycles. The van der Waals surface area contributed by atoms with E-state index in [1.807, 2.05) is 0 Å². The van der Waals surface area contributed by atoms with E-state index >= 15 is 0 Å². The maximum atomic E-state index is 10.6. The summed E-state index contributed by atoms with van der Waals surface area (Å²) in [7, 11) is 0. The van der Waals surface area contributed by atoms with Gasteiger partial charge in [0.25, 0.3) is 5.69 Å². The molecule has 0 heterocycles. The number of hydrogen-bond acceptors (Lipinski definition) is 3. The first-order chi connectivity index (χ1) is 9.81. The highest BCUT2D eigenvalue weighted by Gasteiger charge is 2.11. The zero-order valence-corrected chi connectivity index (χ0v) is 13.1. The Hall–Kier alpha value is -2.11. The van der Waals surface area contributed by atoms with Crippen LogP contribution in [0.1, 0.15) is 39.7 Å². The minimum Gasteiger partial charge on any atom is -0.356 e. The molecule has 6 nitrogen and oxygen atoms in total. The Labute approximate surface area is 125 Å². The fourth-order valence-corrected chi connectivity index (χ4v) is 1.63. The largest absolute Gasteiger partial charge is 0.356 e. The van der Waals surface area contributed by atoms with Gasteiger partial charge in [0.05, 0.1) is 11.5 Å². The predicted octanol–water partition coefficient (Wildman–Crippen LogP) is 2.84. The highest BCUT2D eigenvalue weighted by Crippen LogP contribution is 2.12. The van der Waals surface area contributed by atoms with Crippen molar-refractivity contribution < 1.29 is 4.92 Å². The standard InChI is InChI=1S/C15H24N4O2/c1-5-10-16-14(18-15(2,3)4)17-11-12-6-8-13(9-7-12)19(20)21/h6-9H,5,10-11H2,1-4H3,(H2,16,17,18). The van der Waals surface area contributed by atoms with Crippen molar-refractivity contribution in [2.24, 2.45) is 4.99 Å². The molecule has 0 aliphatic heterocycles. The molecule has 6 heteroatoms. The van der Waals surface area contributed by atoms with Crippen molar-refractivity contribution >= 4 is 11.6 Å². The molecule has 0 saturated heterocycles. The van der Waals surface area contributed by atoms with Gasteiger partial charge in [0, 0.05) is 24.2 Å². The summed E-state index contributed by atoms with van der Waals surface area (Å²) in [4.78, 5) is 14.7. The first-order valence-corrected chi connectivity index (χ1v) is 7.11. The van der Waals surface area contributed by atoms with Gasteiger partial charge in [-0.25, -0.2) is 4.99 Å². The number of non-ortho nitro benzene ring substituents is 1. The Morgan fingerprint density at radius 1 is 1.29 bits per heavy atom. The lowest BCUT2D eigenvalue weighted by Crippen LogP contribution is -2.47. The Morgan fingerprint density at radius 3 is 2.38 bits per heavy atom. The van der Waals surface area contributed by atoms with Crippen molar-refractivity contribution in [2.75, 3.05) is 6.54 Å². The SMILES string of the molecule is CCCNC(=NCc1ccc([N+](=O)[O-])cc1)NC(C)(C)C.